The first kappa shape index (κ1) is 31.8. The molecule has 1 amide bonds. The highest BCUT2D eigenvalue weighted by molar-refractivity contribution is 5.95. The van der Waals surface area contributed by atoms with Gasteiger partial charge in [-0.2, -0.15) is 5.10 Å². The van der Waals surface area contributed by atoms with Gasteiger partial charge in [-0.1, -0.05) is 112 Å². The van der Waals surface area contributed by atoms with E-state index >= 15 is 0 Å². The summed E-state index contributed by atoms with van der Waals surface area (Å²) in [6, 6.07) is 40.2. The van der Waals surface area contributed by atoms with Crippen molar-refractivity contribution in [3.63, 3.8) is 0 Å². The molecule has 49 heavy (non-hydrogen) atoms. The van der Waals surface area contributed by atoms with Crippen molar-refractivity contribution >= 4 is 16.8 Å². The number of aromatic nitrogens is 5. The van der Waals surface area contributed by atoms with Gasteiger partial charge < -0.3 is 9.47 Å². The maximum absolute atomic E-state index is 14.8. The van der Waals surface area contributed by atoms with E-state index in [0.29, 0.717) is 18.7 Å². The average Bonchev–Trinajstić information content (AvgIpc) is 3.72. The van der Waals surface area contributed by atoms with Crippen LogP contribution in [-0.4, -0.2) is 35.5 Å². The van der Waals surface area contributed by atoms with Gasteiger partial charge in [-0.3, -0.25) is 14.9 Å². The first-order valence-electron chi connectivity index (χ1n) is 16.7. The van der Waals surface area contributed by atoms with E-state index in [1.807, 2.05) is 77.8 Å². The van der Waals surface area contributed by atoms with Crippen LogP contribution in [0.3, 0.4) is 0 Å². The molecule has 3 aromatic heterocycles. The van der Waals surface area contributed by atoms with E-state index in [4.69, 9.17) is 4.98 Å². The van der Waals surface area contributed by atoms with Crippen LogP contribution in [0, 0.1) is 5.41 Å². The number of hydrogen-bond donors (Lipinski definition) is 1. The third-order valence-electron chi connectivity index (χ3n) is 8.89. The Balaban J connectivity index is 1.36. The van der Waals surface area contributed by atoms with Crippen LogP contribution in [0.1, 0.15) is 65.4 Å². The second-order valence-electron chi connectivity index (χ2n) is 13.6. The summed E-state index contributed by atoms with van der Waals surface area (Å²) in [5, 5.41) is 8.97. The Morgan fingerprint density at radius 2 is 1.51 bits per heavy atom. The van der Waals surface area contributed by atoms with Crippen molar-refractivity contribution in [1.82, 2.24) is 29.6 Å². The summed E-state index contributed by atoms with van der Waals surface area (Å²) in [5.41, 5.74) is 7.34. The average molecular weight is 645 g/mol. The molecule has 7 heteroatoms. The number of aromatic amines is 1. The van der Waals surface area contributed by atoms with Gasteiger partial charge in [0.2, 0.25) is 0 Å². The van der Waals surface area contributed by atoms with Crippen molar-refractivity contribution in [2.45, 2.75) is 46.3 Å². The monoisotopic (exact) mass is 644 g/mol. The number of rotatable bonds is 10. The molecule has 7 rings (SSSR count). The Kier molecular flexibility index (Phi) is 8.90. The van der Waals surface area contributed by atoms with Gasteiger partial charge in [0.15, 0.2) is 0 Å². The van der Waals surface area contributed by atoms with E-state index in [9.17, 15) is 4.79 Å². The molecule has 7 aromatic rings. The number of nitrogens with zero attached hydrogens (tertiary/aromatic N) is 5. The smallest absolute Gasteiger partial charge is 0.254 e. The molecule has 0 saturated carbocycles. The van der Waals surface area contributed by atoms with E-state index in [1.54, 1.807) is 6.20 Å². The quantitative estimate of drug-likeness (QED) is 0.161. The second kappa shape index (κ2) is 13.7. The molecule has 0 aliphatic rings. The fourth-order valence-corrected chi connectivity index (χ4v) is 6.57. The molecule has 4 aromatic carbocycles. The van der Waals surface area contributed by atoms with Gasteiger partial charge in [0.1, 0.15) is 5.82 Å². The van der Waals surface area contributed by atoms with Gasteiger partial charge in [-0.15, -0.1) is 0 Å². The van der Waals surface area contributed by atoms with Gasteiger partial charge in [0, 0.05) is 41.6 Å². The summed E-state index contributed by atoms with van der Waals surface area (Å²) in [5.74, 6) is 0.769. The predicted molar refractivity (Wildman–Crippen MR) is 195 cm³/mol. The predicted octanol–water partition coefficient (Wildman–Crippen LogP) is 8.89. The van der Waals surface area contributed by atoms with E-state index < -0.39 is 6.04 Å². The minimum absolute atomic E-state index is 0.0645. The number of carbonyl (C=O) groups is 1. The van der Waals surface area contributed by atoms with Crippen LogP contribution in [0.5, 0.6) is 0 Å². The Hall–Kier alpha value is -5.82. The first-order chi connectivity index (χ1) is 23.8. The zero-order chi connectivity index (χ0) is 33.8. The molecular formula is C42H40N6O. The largest absolute Gasteiger partial charge is 0.328 e. The topological polar surface area (TPSA) is 79.7 Å². The molecule has 0 aliphatic heterocycles. The number of benzene rings is 4. The summed E-state index contributed by atoms with van der Waals surface area (Å²) in [7, 11) is 0. The summed E-state index contributed by atoms with van der Waals surface area (Å²) in [6.07, 6.45) is 6.57. The highest BCUT2D eigenvalue weighted by Gasteiger charge is 2.39. The zero-order valence-corrected chi connectivity index (χ0v) is 28.1. The standard InChI is InChI=1S/C42H40N6O/c1-42(2,3)39(40-44-37(33-17-9-5-10-18-33)28-47(40)27-30-14-7-4-8-15-30)48(41(49)34-19-11-6-12-20-34)29-38-35-25-31(21-22-36(35)45-46-38)24-32-16-13-23-43-26-32/h4-23,25-26,28,39H,24,27,29H2,1-3H3,(H,45,46)/t39-/m0/s1. The van der Waals surface area contributed by atoms with Gasteiger partial charge in [0.05, 0.1) is 29.5 Å². The molecule has 0 spiro atoms. The first-order valence-corrected chi connectivity index (χ1v) is 16.7. The number of nitrogens with one attached hydrogen (secondary N) is 1. The highest BCUT2D eigenvalue weighted by atomic mass is 16.2. The molecule has 1 atom stereocenters. The van der Waals surface area contributed by atoms with Crippen LogP contribution in [0.2, 0.25) is 0 Å². The second-order valence-corrected chi connectivity index (χ2v) is 13.6. The van der Waals surface area contributed by atoms with Crippen molar-refractivity contribution in [3.05, 3.63) is 174 Å². The summed E-state index contributed by atoms with van der Waals surface area (Å²) in [6.45, 7) is 7.50. The molecule has 0 radical (unpaired) electrons. The Labute approximate surface area is 287 Å². The van der Waals surface area contributed by atoms with Crippen LogP contribution >= 0.6 is 0 Å². The van der Waals surface area contributed by atoms with Crippen LogP contribution < -0.4 is 0 Å². The lowest BCUT2D eigenvalue weighted by atomic mass is 9.84. The van der Waals surface area contributed by atoms with Gasteiger partial charge in [-0.05, 0) is 58.9 Å². The molecule has 1 N–H and O–H groups in total. The van der Waals surface area contributed by atoms with Gasteiger partial charge in [0.25, 0.3) is 5.91 Å². The van der Waals surface area contributed by atoms with Crippen LogP contribution in [-0.2, 0) is 19.5 Å². The van der Waals surface area contributed by atoms with Crippen LogP contribution in [0.25, 0.3) is 22.2 Å². The van der Waals surface area contributed by atoms with Crippen LogP contribution in [0.4, 0.5) is 0 Å². The van der Waals surface area contributed by atoms with Crippen molar-refractivity contribution < 1.29 is 4.79 Å². The molecule has 7 nitrogen and oxygen atoms in total. The Morgan fingerprint density at radius 1 is 0.816 bits per heavy atom. The normalized spacial score (nSPS) is 12.2. The summed E-state index contributed by atoms with van der Waals surface area (Å²) >= 11 is 0. The number of H-pyrrole nitrogens is 1. The van der Waals surface area contributed by atoms with Crippen LogP contribution in [0.15, 0.2) is 140 Å². The maximum Gasteiger partial charge on any atom is 0.254 e. The van der Waals surface area contributed by atoms with Crippen molar-refractivity contribution in [3.8, 4) is 11.3 Å². The molecule has 0 fully saturated rings. The van der Waals surface area contributed by atoms with E-state index in [1.165, 1.54) is 0 Å². The molecule has 0 aliphatic carbocycles. The van der Waals surface area contributed by atoms with Gasteiger partial charge in [-0.25, -0.2) is 4.98 Å². The number of imidazole rings is 1. The number of carbonyl (C=O) groups excluding carboxylic acids is 1. The minimum Gasteiger partial charge on any atom is -0.328 e. The van der Waals surface area contributed by atoms with E-state index in [-0.39, 0.29) is 11.3 Å². The number of amides is 1. The fourth-order valence-electron chi connectivity index (χ4n) is 6.57. The lowest BCUT2D eigenvalue weighted by Crippen LogP contribution is -2.42. The molecule has 0 unspecified atom stereocenters. The molecule has 3 heterocycles. The van der Waals surface area contributed by atoms with Crippen molar-refractivity contribution in [2.75, 3.05) is 0 Å². The lowest BCUT2D eigenvalue weighted by molar-refractivity contribution is 0.0453. The maximum atomic E-state index is 14.8. The summed E-state index contributed by atoms with van der Waals surface area (Å²) in [4.78, 5) is 26.4. The van der Waals surface area contributed by atoms with Crippen molar-refractivity contribution in [2.24, 2.45) is 5.41 Å². The Morgan fingerprint density at radius 3 is 2.20 bits per heavy atom. The third kappa shape index (κ3) is 7.06. The molecule has 0 bridgehead atoms. The van der Waals surface area contributed by atoms with E-state index in [2.05, 4.69) is 101 Å². The zero-order valence-electron chi connectivity index (χ0n) is 28.1. The van der Waals surface area contributed by atoms with Crippen molar-refractivity contribution in [1.29, 1.82) is 0 Å². The highest BCUT2D eigenvalue weighted by Crippen LogP contribution is 2.41. The van der Waals surface area contributed by atoms with Gasteiger partial charge >= 0.3 is 0 Å². The number of pyridine rings is 1. The third-order valence-corrected chi connectivity index (χ3v) is 8.89. The fraction of sp³-hybridized carbons (Fsp3) is 0.190. The minimum atomic E-state index is -0.390. The van der Waals surface area contributed by atoms with E-state index in [0.717, 1.165) is 56.8 Å². The molecule has 0 saturated heterocycles. The number of hydrogen-bond acceptors (Lipinski definition) is 4. The molecular weight excluding hydrogens is 605 g/mol. The lowest BCUT2D eigenvalue weighted by Gasteiger charge is -2.40. The summed E-state index contributed by atoms with van der Waals surface area (Å²) < 4.78 is 2.22. The number of fused-ring (bicyclic) bond motifs is 1. The SMILES string of the molecule is CC(C)(C)[C@H](c1nc(-c2ccccc2)cn1Cc1ccccc1)N(Cc1[nH]nc2ccc(Cc3cccnc3)cc12)C(=O)c1ccccc1. The molecule has 244 valence electrons. The Bertz CT molecular complexity index is 2150.